The second-order valence-electron chi connectivity index (χ2n) is 8.77. The summed E-state index contributed by atoms with van der Waals surface area (Å²) in [4.78, 5) is 26.8. The van der Waals surface area contributed by atoms with Crippen LogP contribution in [0, 0.1) is 18.6 Å². The molecule has 0 aliphatic carbocycles. The number of hydrogen-bond donors (Lipinski definition) is 2. The van der Waals surface area contributed by atoms with Crippen LogP contribution in [0.2, 0.25) is 0 Å². The molecule has 0 aromatic heterocycles. The third kappa shape index (κ3) is 4.65. The van der Waals surface area contributed by atoms with E-state index in [1.54, 1.807) is 0 Å². The quantitative estimate of drug-likeness (QED) is 0.437. The Hall–Kier alpha value is -2.59. The number of halogens is 4. The Morgan fingerprint density at radius 1 is 1.03 bits per heavy atom. The second-order valence-corrected chi connectivity index (χ2v) is 9.42. The van der Waals surface area contributed by atoms with Crippen molar-refractivity contribution in [2.45, 2.75) is 56.7 Å². The molecule has 0 saturated carbocycles. The molecule has 2 aliphatic heterocycles. The molecule has 3 atom stereocenters. The average molecular weight is 496 g/mol. The number of fused-ring (bicyclic) bond motifs is 2. The zero-order valence-corrected chi connectivity index (χ0v) is 19.5. The zero-order valence-electron chi connectivity index (χ0n) is 18.7. The van der Waals surface area contributed by atoms with Crippen LogP contribution in [0.4, 0.5) is 23.2 Å². The van der Waals surface area contributed by atoms with Gasteiger partial charge in [0.15, 0.2) is 0 Å². The van der Waals surface area contributed by atoms with Gasteiger partial charge in [-0.2, -0.15) is 8.78 Å². The van der Waals surface area contributed by atoms with E-state index >= 15 is 8.78 Å². The number of carbonyl (C=O) groups excluding carboxylic acids is 2. The second kappa shape index (κ2) is 9.58. The fraction of sp³-hybridized carbons (Fsp3) is 0.417. The third-order valence-electron chi connectivity index (χ3n) is 6.50. The van der Waals surface area contributed by atoms with Crippen molar-refractivity contribution in [3.8, 4) is 0 Å². The van der Waals surface area contributed by atoms with E-state index < -0.39 is 34.9 Å². The van der Waals surface area contributed by atoms with Crippen LogP contribution >= 0.6 is 11.9 Å². The monoisotopic (exact) mass is 495 g/mol. The van der Waals surface area contributed by atoms with Crippen LogP contribution in [0.3, 0.4) is 0 Å². The summed E-state index contributed by atoms with van der Waals surface area (Å²) in [6.07, 6.45) is 4.25. The van der Waals surface area contributed by atoms with Crippen LogP contribution in [-0.4, -0.2) is 41.1 Å². The lowest BCUT2D eigenvalue weighted by molar-refractivity contribution is -0.164. The molecule has 5 nitrogen and oxygen atoms in total. The van der Waals surface area contributed by atoms with Gasteiger partial charge in [-0.05, 0) is 80.8 Å². The number of piperidine rings is 1. The standard InChI is InChI=1S/C24H25F4N3O2S/c1-13-9-15(4-8-20(13)25)29-22(32)14-3-7-21(26)19(10-14)24(27,28)23(33)31-17-5-6-18(31)12-16(11-17)30-34-2/h3-4,7-10,16-18,30H,5-6,11-12H2,1-2H3,(H,29,32)/t16?,17-,18?/m0/s1. The molecule has 0 spiro atoms. The van der Waals surface area contributed by atoms with Crippen molar-refractivity contribution in [1.29, 1.82) is 0 Å². The number of carbonyl (C=O) groups is 2. The summed E-state index contributed by atoms with van der Waals surface area (Å²) in [6, 6.07) is 5.87. The molecule has 2 fully saturated rings. The molecule has 2 aliphatic rings. The molecule has 10 heteroatoms. The highest BCUT2D eigenvalue weighted by atomic mass is 32.2. The lowest BCUT2D eigenvalue weighted by atomic mass is 9.95. The van der Waals surface area contributed by atoms with Gasteiger partial charge in [0.2, 0.25) is 0 Å². The molecule has 0 radical (unpaired) electrons. The van der Waals surface area contributed by atoms with Crippen molar-refractivity contribution in [1.82, 2.24) is 9.62 Å². The fourth-order valence-electron chi connectivity index (χ4n) is 4.88. The summed E-state index contributed by atoms with van der Waals surface area (Å²) in [5.74, 6) is -8.07. The lowest BCUT2D eigenvalue weighted by Gasteiger charge is -2.40. The molecule has 2 amide bonds. The highest BCUT2D eigenvalue weighted by Gasteiger charge is 2.53. The van der Waals surface area contributed by atoms with Gasteiger partial charge in [0.05, 0.1) is 5.56 Å². The molecule has 2 aromatic rings. The molecule has 2 saturated heterocycles. The smallest absolute Gasteiger partial charge is 0.331 e. The summed E-state index contributed by atoms with van der Waals surface area (Å²) in [6.45, 7) is 1.51. The number of nitrogens with zero attached hydrogens (tertiary/aromatic N) is 1. The summed E-state index contributed by atoms with van der Waals surface area (Å²) in [5.41, 5.74) is -0.822. The van der Waals surface area contributed by atoms with E-state index in [1.807, 2.05) is 6.26 Å². The molecule has 4 rings (SSSR count). The molecule has 2 unspecified atom stereocenters. The molecular weight excluding hydrogens is 470 g/mol. The summed E-state index contributed by atoms with van der Waals surface area (Å²) in [5, 5.41) is 2.48. The Labute approximate surface area is 199 Å². The number of alkyl halides is 2. The Morgan fingerprint density at radius 2 is 1.68 bits per heavy atom. The summed E-state index contributed by atoms with van der Waals surface area (Å²) < 4.78 is 61.9. The van der Waals surface area contributed by atoms with E-state index in [0.29, 0.717) is 37.3 Å². The minimum atomic E-state index is -4.13. The molecule has 2 N–H and O–H groups in total. The van der Waals surface area contributed by atoms with E-state index in [-0.39, 0.29) is 29.4 Å². The van der Waals surface area contributed by atoms with Gasteiger partial charge in [0.25, 0.3) is 11.8 Å². The van der Waals surface area contributed by atoms with Gasteiger partial charge in [-0.1, -0.05) is 11.9 Å². The first-order valence-corrected chi connectivity index (χ1v) is 12.2. The van der Waals surface area contributed by atoms with Gasteiger partial charge < -0.3 is 10.2 Å². The third-order valence-corrected chi connectivity index (χ3v) is 7.07. The number of benzene rings is 2. The number of rotatable bonds is 6. The van der Waals surface area contributed by atoms with Gasteiger partial charge in [-0.25, -0.2) is 8.78 Å². The van der Waals surface area contributed by atoms with Gasteiger partial charge in [0.1, 0.15) is 11.6 Å². The zero-order chi connectivity index (χ0) is 24.6. The number of anilines is 1. The van der Waals surface area contributed by atoms with E-state index in [4.69, 9.17) is 0 Å². The van der Waals surface area contributed by atoms with Crippen molar-refractivity contribution in [3.63, 3.8) is 0 Å². The maximum absolute atomic E-state index is 15.4. The van der Waals surface area contributed by atoms with Crippen LogP contribution in [0.1, 0.15) is 47.2 Å². The molecule has 2 bridgehead atoms. The van der Waals surface area contributed by atoms with Crippen LogP contribution in [-0.2, 0) is 10.7 Å². The molecule has 2 aromatic carbocycles. The molecule has 182 valence electrons. The maximum atomic E-state index is 15.4. The Morgan fingerprint density at radius 3 is 2.29 bits per heavy atom. The average Bonchev–Trinajstić information content (AvgIpc) is 3.05. The highest BCUT2D eigenvalue weighted by molar-refractivity contribution is 7.96. The topological polar surface area (TPSA) is 61.4 Å². The van der Waals surface area contributed by atoms with Crippen LogP contribution in [0.25, 0.3) is 0 Å². The molecular formula is C24H25F4N3O2S. The molecule has 2 heterocycles. The Bertz CT molecular complexity index is 1100. The van der Waals surface area contributed by atoms with Crippen molar-refractivity contribution in [2.75, 3.05) is 11.6 Å². The first kappa shape index (κ1) is 24.5. The van der Waals surface area contributed by atoms with Crippen LogP contribution in [0.15, 0.2) is 36.4 Å². The van der Waals surface area contributed by atoms with Gasteiger partial charge >= 0.3 is 5.92 Å². The van der Waals surface area contributed by atoms with Gasteiger partial charge in [-0.3, -0.25) is 14.3 Å². The first-order valence-electron chi connectivity index (χ1n) is 11.0. The highest BCUT2D eigenvalue weighted by Crippen LogP contribution is 2.42. The lowest BCUT2D eigenvalue weighted by Crippen LogP contribution is -2.54. The number of aryl methyl sites for hydroxylation is 1. The van der Waals surface area contributed by atoms with E-state index in [9.17, 15) is 18.4 Å². The van der Waals surface area contributed by atoms with E-state index in [2.05, 4.69) is 10.0 Å². The number of nitrogens with one attached hydrogen (secondary N) is 2. The van der Waals surface area contributed by atoms with Crippen molar-refractivity contribution >= 4 is 29.4 Å². The minimum absolute atomic E-state index is 0.129. The predicted molar refractivity (Wildman–Crippen MR) is 123 cm³/mol. The van der Waals surface area contributed by atoms with Gasteiger partial charge in [0, 0.05) is 29.4 Å². The Kier molecular flexibility index (Phi) is 6.91. The number of hydrogen-bond acceptors (Lipinski definition) is 4. The normalized spacial score (nSPS) is 22.1. The summed E-state index contributed by atoms with van der Waals surface area (Å²) in [7, 11) is 0. The van der Waals surface area contributed by atoms with E-state index in [0.717, 1.165) is 12.1 Å². The first-order chi connectivity index (χ1) is 16.1. The molecule has 34 heavy (non-hydrogen) atoms. The number of amides is 2. The van der Waals surface area contributed by atoms with Crippen molar-refractivity contribution < 1.29 is 27.2 Å². The van der Waals surface area contributed by atoms with Crippen molar-refractivity contribution in [3.05, 3.63) is 64.7 Å². The van der Waals surface area contributed by atoms with Crippen LogP contribution in [0.5, 0.6) is 0 Å². The largest absolute Gasteiger partial charge is 0.352 e. The summed E-state index contributed by atoms with van der Waals surface area (Å²) >= 11 is 1.45. The maximum Gasteiger partial charge on any atom is 0.352 e. The minimum Gasteiger partial charge on any atom is -0.331 e. The Balaban J connectivity index is 1.56. The van der Waals surface area contributed by atoms with E-state index in [1.165, 1.54) is 42.0 Å². The van der Waals surface area contributed by atoms with Gasteiger partial charge in [-0.15, -0.1) is 0 Å². The predicted octanol–water partition coefficient (Wildman–Crippen LogP) is 5.01. The SMILES string of the molecule is CSNC1CC2CC[C@@H](C1)N2C(=O)C(F)(F)c1cc(C(=O)Nc2ccc(F)c(C)c2)ccc1F. The van der Waals surface area contributed by atoms with Crippen molar-refractivity contribution in [2.24, 2.45) is 0 Å². The van der Waals surface area contributed by atoms with Crippen LogP contribution < -0.4 is 10.0 Å². The fourth-order valence-corrected chi connectivity index (χ4v) is 5.41.